The van der Waals surface area contributed by atoms with Crippen molar-refractivity contribution in [2.45, 2.75) is 38.0 Å². The van der Waals surface area contributed by atoms with Gasteiger partial charge in [0.1, 0.15) is 11.1 Å². The quantitative estimate of drug-likeness (QED) is 0.872. The summed E-state index contributed by atoms with van der Waals surface area (Å²) in [6.07, 6.45) is 0. The molecule has 2 rings (SSSR count). The SMILES string of the molecule is Cc1cc(NC(=O)[C@H](C)Sc2nc(C)cc(C)c2C#N)on1. The fourth-order valence-electron chi connectivity index (χ4n) is 1.89. The molecule has 2 aromatic heterocycles. The first-order valence-electron chi connectivity index (χ1n) is 6.70. The van der Waals surface area contributed by atoms with E-state index in [2.05, 4.69) is 21.5 Å². The van der Waals surface area contributed by atoms with E-state index in [9.17, 15) is 10.1 Å². The summed E-state index contributed by atoms with van der Waals surface area (Å²) >= 11 is 1.25. The number of nitrogens with zero attached hydrogens (tertiary/aromatic N) is 3. The molecule has 0 aliphatic rings. The number of aryl methyl sites for hydroxylation is 3. The van der Waals surface area contributed by atoms with Crippen molar-refractivity contribution in [3.63, 3.8) is 0 Å². The van der Waals surface area contributed by atoms with Gasteiger partial charge in [-0.25, -0.2) is 4.98 Å². The Labute approximate surface area is 132 Å². The molecular weight excluding hydrogens is 300 g/mol. The van der Waals surface area contributed by atoms with E-state index in [0.29, 0.717) is 22.2 Å². The summed E-state index contributed by atoms with van der Waals surface area (Å²) in [5, 5.41) is 15.8. The number of aromatic nitrogens is 2. The fraction of sp³-hybridized carbons (Fsp3) is 0.333. The fourth-order valence-corrected chi connectivity index (χ4v) is 2.91. The second-order valence-electron chi connectivity index (χ2n) is 4.95. The van der Waals surface area contributed by atoms with E-state index in [-0.39, 0.29) is 5.91 Å². The van der Waals surface area contributed by atoms with Crippen LogP contribution in [0.4, 0.5) is 5.88 Å². The first-order valence-corrected chi connectivity index (χ1v) is 7.58. The number of hydrogen-bond acceptors (Lipinski definition) is 6. The highest BCUT2D eigenvalue weighted by Gasteiger charge is 2.20. The third kappa shape index (κ3) is 3.65. The Bertz CT molecular complexity index is 748. The average Bonchev–Trinajstić information content (AvgIpc) is 2.83. The number of nitriles is 1. The molecule has 1 atom stereocenters. The maximum atomic E-state index is 12.2. The molecule has 1 N–H and O–H groups in total. The van der Waals surface area contributed by atoms with Gasteiger partial charge in [0.2, 0.25) is 11.8 Å². The van der Waals surface area contributed by atoms with Crippen LogP contribution in [-0.4, -0.2) is 21.3 Å². The number of pyridine rings is 1. The van der Waals surface area contributed by atoms with E-state index in [1.807, 2.05) is 19.9 Å². The van der Waals surface area contributed by atoms with Gasteiger partial charge in [0, 0.05) is 11.8 Å². The van der Waals surface area contributed by atoms with Crippen LogP contribution in [-0.2, 0) is 4.79 Å². The number of hydrogen-bond donors (Lipinski definition) is 1. The van der Waals surface area contributed by atoms with Crippen LogP contribution < -0.4 is 5.32 Å². The first-order chi connectivity index (χ1) is 10.4. The predicted octanol–water partition coefficient (Wildman–Crippen LogP) is 2.99. The van der Waals surface area contributed by atoms with E-state index < -0.39 is 5.25 Å². The van der Waals surface area contributed by atoms with Crippen molar-refractivity contribution in [2.24, 2.45) is 0 Å². The Kier molecular flexibility index (Phi) is 4.83. The summed E-state index contributed by atoms with van der Waals surface area (Å²) in [6.45, 7) is 7.25. The summed E-state index contributed by atoms with van der Waals surface area (Å²) in [4.78, 5) is 16.5. The van der Waals surface area contributed by atoms with Crippen molar-refractivity contribution in [3.8, 4) is 6.07 Å². The minimum absolute atomic E-state index is 0.231. The van der Waals surface area contributed by atoms with E-state index in [0.717, 1.165) is 11.3 Å². The summed E-state index contributed by atoms with van der Waals surface area (Å²) in [5.74, 6) is 0.0786. The van der Waals surface area contributed by atoms with Crippen LogP contribution in [0.5, 0.6) is 0 Å². The zero-order chi connectivity index (χ0) is 16.3. The van der Waals surface area contributed by atoms with E-state index >= 15 is 0 Å². The first kappa shape index (κ1) is 16.0. The molecule has 2 aromatic rings. The highest BCUT2D eigenvalue weighted by atomic mass is 32.2. The van der Waals surface area contributed by atoms with Crippen LogP contribution in [0.1, 0.15) is 29.4 Å². The monoisotopic (exact) mass is 316 g/mol. The molecule has 0 aromatic carbocycles. The van der Waals surface area contributed by atoms with Gasteiger partial charge in [-0.2, -0.15) is 5.26 Å². The molecular formula is C15H16N4O2S. The summed E-state index contributed by atoms with van der Waals surface area (Å²) in [7, 11) is 0. The molecule has 0 radical (unpaired) electrons. The van der Waals surface area contributed by atoms with Gasteiger partial charge in [-0.1, -0.05) is 16.9 Å². The van der Waals surface area contributed by atoms with Crippen LogP contribution in [0.2, 0.25) is 0 Å². The lowest BCUT2D eigenvalue weighted by molar-refractivity contribution is -0.115. The molecule has 114 valence electrons. The topological polar surface area (TPSA) is 91.8 Å². The van der Waals surface area contributed by atoms with E-state index in [1.165, 1.54) is 11.8 Å². The largest absolute Gasteiger partial charge is 0.338 e. The molecule has 0 fully saturated rings. The van der Waals surface area contributed by atoms with Crippen LogP contribution in [0, 0.1) is 32.1 Å². The zero-order valence-electron chi connectivity index (χ0n) is 12.8. The van der Waals surface area contributed by atoms with Gasteiger partial charge in [-0.05, 0) is 39.3 Å². The number of thioether (sulfide) groups is 1. The van der Waals surface area contributed by atoms with Crippen molar-refractivity contribution in [3.05, 3.63) is 34.6 Å². The lowest BCUT2D eigenvalue weighted by Gasteiger charge is -2.12. The molecule has 0 aliphatic heterocycles. The second kappa shape index (κ2) is 6.62. The molecule has 6 nitrogen and oxygen atoms in total. The van der Waals surface area contributed by atoms with Gasteiger partial charge in [0.05, 0.1) is 16.5 Å². The standard InChI is InChI=1S/C15H16N4O2S/c1-8-5-9(2)17-15(12(8)7-16)22-11(4)14(20)18-13-6-10(3)19-21-13/h5-6,11H,1-4H3,(H,18,20)/t11-/m0/s1. The molecule has 0 unspecified atom stereocenters. The molecule has 0 bridgehead atoms. The molecule has 2 heterocycles. The van der Waals surface area contributed by atoms with Gasteiger partial charge >= 0.3 is 0 Å². The Hall–Kier alpha value is -2.33. The summed E-state index contributed by atoms with van der Waals surface area (Å²) in [6, 6.07) is 5.64. The van der Waals surface area contributed by atoms with Crippen LogP contribution >= 0.6 is 11.8 Å². The maximum Gasteiger partial charge on any atom is 0.240 e. The van der Waals surface area contributed by atoms with E-state index in [1.54, 1.807) is 19.9 Å². The molecule has 0 saturated carbocycles. The van der Waals surface area contributed by atoms with Crippen LogP contribution in [0.3, 0.4) is 0 Å². The van der Waals surface area contributed by atoms with Gasteiger partial charge in [-0.15, -0.1) is 0 Å². The summed E-state index contributed by atoms with van der Waals surface area (Å²) < 4.78 is 4.96. The molecule has 0 saturated heterocycles. The van der Waals surface area contributed by atoms with Crippen molar-refractivity contribution < 1.29 is 9.32 Å². The Morgan fingerprint density at radius 1 is 1.36 bits per heavy atom. The average molecular weight is 316 g/mol. The van der Waals surface area contributed by atoms with E-state index in [4.69, 9.17) is 4.52 Å². The normalized spacial score (nSPS) is 11.8. The number of carbonyl (C=O) groups excluding carboxylic acids is 1. The predicted molar refractivity (Wildman–Crippen MR) is 83.6 cm³/mol. The number of carbonyl (C=O) groups is 1. The van der Waals surface area contributed by atoms with Crippen molar-refractivity contribution >= 4 is 23.6 Å². The maximum absolute atomic E-state index is 12.2. The van der Waals surface area contributed by atoms with Gasteiger partial charge in [-0.3, -0.25) is 10.1 Å². The molecule has 0 aliphatic carbocycles. The van der Waals surface area contributed by atoms with Crippen LogP contribution in [0.15, 0.2) is 21.7 Å². The number of amides is 1. The number of rotatable bonds is 4. The zero-order valence-corrected chi connectivity index (χ0v) is 13.6. The van der Waals surface area contributed by atoms with Crippen molar-refractivity contribution in [1.29, 1.82) is 5.26 Å². The lowest BCUT2D eigenvalue weighted by atomic mass is 10.1. The molecule has 1 amide bonds. The number of nitrogens with one attached hydrogen (secondary N) is 1. The highest BCUT2D eigenvalue weighted by molar-refractivity contribution is 8.00. The second-order valence-corrected chi connectivity index (χ2v) is 6.28. The molecule has 7 heteroatoms. The smallest absolute Gasteiger partial charge is 0.240 e. The molecule has 22 heavy (non-hydrogen) atoms. The van der Waals surface area contributed by atoms with Crippen LogP contribution in [0.25, 0.3) is 0 Å². The third-order valence-corrected chi connectivity index (χ3v) is 4.04. The van der Waals surface area contributed by atoms with Gasteiger partial charge < -0.3 is 4.52 Å². The summed E-state index contributed by atoms with van der Waals surface area (Å²) in [5.41, 5.74) is 2.87. The van der Waals surface area contributed by atoms with Crippen molar-refractivity contribution in [2.75, 3.05) is 5.32 Å². The van der Waals surface area contributed by atoms with Gasteiger partial charge in [0.25, 0.3) is 0 Å². The molecule has 0 spiro atoms. The Balaban J connectivity index is 2.13. The minimum Gasteiger partial charge on any atom is -0.338 e. The van der Waals surface area contributed by atoms with Gasteiger partial charge in [0.15, 0.2) is 0 Å². The Morgan fingerprint density at radius 3 is 2.68 bits per heavy atom. The third-order valence-electron chi connectivity index (χ3n) is 2.96. The number of anilines is 1. The lowest BCUT2D eigenvalue weighted by Crippen LogP contribution is -2.22. The minimum atomic E-state index is -0.425. The Morgan fingerprint density at radius 2 is 2.09 bits per heavy atom. The van der Waals surface area contributed by atoms with Crippen molar-refractivity contribution in [1.82, 2.24) is 10.1 Å². The highest BCUT2D eigenvalue weighted by Crippen LogP contribution is 2.28.